The van der Waals surface area contributed by atoms with E-state index in [9.17, 15) is 14.7 Å². The molecule has 7 heteroatoms. The van der Waals surface area contributed by atoms with Gasteiger partial charge in [0.2, 0.25) is 0 Å². The number of carbonyl (C=O) groups excluding carboxylic acids is 1. The summed E-state index contributed by atoms with van der Waals surface area (Å²) in [7, 11) is 0. The molecule has 2 unspecified atom stereocenters. The fourth-order valence-corrected chi connectivity index (χ4v) is 3.86. The smallest absolute Gasteiger partial charge is 0.262 e. The van der Waals surface area contributed by atoms with Crippen LogP contribution in [0.15, 0.2) is 11.1 Å². The molecule has 1 aliphatic carbocycles. The second-order valence-electron chi connectivity index (χ2n) is 5.40. The van der Waals surface area contributed by atoms with Crippen molar-refractivity contribution in [2.75, 3.05) is 0 Å². The average Bonchev–Trinajstić information content (AvgIpc) is 2.80. The number of aliphatic hydroxyl groups excluding tert-OH is 1. The van der Waals surface area contributed by atoms with Gasteiger partial charge in [0, 0.05) is 0 Å². The Morgan fingerprint density at radius 3 is 2.95 bits per heavy atom. The van der Waals surface area contributed by atoms with Gasteiger partial charge in [-0.25, -0.2) is 4.98 Å². The summed E-state index contributed by atoms with van der Waals surface area (Å²) in [6, 6.07) is -0.206. The lowest BCUT2D eigenvalue weighted by molar-refractivity contribution is 0.0720. The van der Waals surface area contributed by atoms with E-state index in [1.165, 1.54) is 17.7 Å². The predicted molar refractivity (Wildman–Crippen MR) is 80.7 cm³/mol. The van der Waals surface area contributed by atoms with Crippen LogP contribution in [0.2, 0.25) is 0 Å². The van der Waals surface area contributed by atoms with Crippen molar-refractivity contribution in [2.24, 2.45) is 0 Å². The highest BCUT2D eigenvalue weighted by Crippen LogP contribution is 2.27. The predicted octanol–water partition coefficient (Wildman–Crippen LogP) is 1.33. The number of aliphatic hydroxyl groups is 1. The van der Waals surface area contributed by atoms with E-state index in [0.29, 0.717) is 20.7 Å². The number of H-pyrrole nitrogens is 1. The first kappa shape index (κ1) is 14.2. The molecule has 1 amide bonds. The van der Waals surface area contributed by atoms with Gasteiger partial charge in [0.25, 0.3) is 11.5 Å². The van der Waals surface area contributed by atoms with Crippen LogP contribution in [0.25, 0.3) is 10.2 Å². The van der Waals surface area contributed by atoms with Crippen molar-refractivity contribution in [1.82, 2.24) is 15.3 Å². The third-order valence-corrected chi connectivity index (χ3v) is 5.18. The first-order chi connectivity index (χ1) is 10.1. The monoisotopic (exact) mass is 307 g/mol. The van der Waals surface area contributed by atoms with Crippen molar-refractivity contribution in [1.29, 1.82) is 0 Å². The number of thiophene rings is 1. The molecule has 1 fully saturated rings. The third kappa shape index (κ3) is 2.58. The van der Waals surface area contributed by atoms with Crippen molar-refractivity contribution >= 4 is 27.5 Å². The van der Waals surface area contributed by atoms with Crippen LogP contribution < -0.4 is 10.9 Å². The minimum atomic E-state index is -0.487. The number of fused-ring (bicyclic) bond motifs is 1. The third-order valence-electron chi connectivity index (χ3n) is 3.98. The quantitative estimate of drug-likeness (QED) is 0.780. The van der Waals surface area contributed by atoms with E-state index in [4.69, 9.17) is 0 Å². The number of aromatic nitrogens is 2. The van der Waals surface area contributed by atoms with Crippen LogP contribution in [0, 0.1) is 6.92 Å². The maximum Gasteiger partial charge on any atom is 0.262 e. The summed E-state index contributed by atoms with van der Waals surface area (Å²) in [5, 5.41) is 13.3. The molecule has 2 aromatic heterocycles. The molecule has 21 heavy (non-hydrogen) atoms. The SMILES string of the molecule is Cc1c(C(=O)NC2CCCCC2O)sc2nc[nH]c(=O)c12. The van der Waals surface area contributed by atoms with E-state index in [1.807, 2.05) is 0 Å². The van der Waals surface area contributed by atoms with Crippen LogP contribution in [-0.4, -0.2) is 33.1 Å². The molecule has 0 aromatic carbocycles. The zero-order chi connectivity index (χ0) is 15.0. The zero-order valence-electron chi connectivity index (χ0n) is 11.7. The van der Waals surface area contributed by atoms with E-state index in [2.05, 4.69) is 15.3 Å². The molecule has 1 saturated carbocycles. The molecule has 0 saturated heterocycles. The molecule has 1 aliphatic rings. The molecule has 2 aromatic rings. The summed E-state index contributed by atoms with van der Waals surface area (Å²) < 4.78 is 0. The lowest BCUT2D eigenvalue weighted by Crippen LogP contribution is -2.45. The molecule has 0 radical (unpaired) electrons. The average molecular weight is 307 g/mol. The standard InChI is InChI=1S/C14H17N3O3S/c1-7-10-12(19)15-6-16-14(10)21-11(7)13(20)17-8-4-2-3-5-9(8)18/h6,8-9,18H,2-5H2,1H3,(H,17,20)(H,15,16,19). The second kappa shape index (κ2) is 5.57. The van der Waals surface area contributed by atoms with Gasteiger partial charge in [-0.1, -0.05) is 12.8 Å². The number of aryl methyl sites for hydroxylation is 1. The number of nitrogens with zero attached hydrogens (tertiary/aromatic N) is 1. The molecule has 0 bridgehead atoms. The second-order valence-corrected chi connectivity index (χ2v) is 6.40. The Kier molecular flexibility index (Phi) is 3.77. The Morgan fingerprint density at radius 2 is 2.24 bits per heavy atom. The lowest BCUT2D eigenvalue weighted by atomic mass is 9.92. The molecule has 6 nitrogen and oxygen atoms in total. The zero-order valence-corrected chi connectivity index (χ0v) is 12.5. The van der Waals surface area contributed by atoms with Crippen LogP contribution in [0.3, 0.4) is 0 Å². The Bertz CT molecular complexity index is 737. The molecule has 2 atom stereocenters. The van der Waals surface area contributed by atoms with E-state index in [1.54, 1.807) is 6.92 Å². The van der Waals surface area contributed by atoms with Gasteiger partial charge in [0.15, 0.2) is 0 Å². The minimum absolute atomic E-state index is 0.206. The fourth-order valence-electron chi connectivity index (χ4n) is 2.81. The van der Waals surface area contributed by atoms with Gasteiger partial charge in [-0.15, -0.1) is 11.3 Å². The van der Waals surface area contributed by atoms with Gasteiger partial charge in [-0.05, 0) is 25.3 Å². The van der Waals surface area contributed by atoms with E-state index >= 15 is 0 Å². The number of amides is 1. The summed E-state index contributed by atoms with van der Waals surface area (Å²) in [5.41, 5.74) is 0.414. The molecular weight excluding hydrogens is 290 g/mol. The van der Waals surface area contributed by atoms with E-state index < -0.39 is 6.10 Å². The summed E-state index contributed by atoms with van der Waals surface area (Å²) in [6.07, 6.45) is 4.36. The van der Waals surface area contributed by atoms with Crippen LogP contribution in [0.5, 0.6) is 0 Å². The normalized spacial score (nSPS) is 22.4. The summed E-state index contributed by atoms with van der Waals surface area (Å²) in [5.74, 6) is -0.235. The summed E-state index contributed by atoms with van der Waals surface area (Å²) in [4.78, 5) is 31.9. The molecule has 3 N–H and O–H groups in total. The molecular formula is C14H17N3O3S. The number of rotatable bonds is 2. The number of aromatic amines is 1. The van der Waals surface area contributed by atoms with Gasteiger partial charge >= 0.3 is 0 Å². The first-order valence-electron chi connectivity index (χ1n) is 7.03. The Morgan fingerprint density at radius 1 is 1.48 bits per heavy atom. The van der Waals surface area contributed by atoms with Crippen molar-refractivity contribution in [2.45, 2.75) is 44.8 Å². The fraction of sp³-hybridized carbons (Fsp3) is 0.500. The molecule has 0 aliphatic heterocycles. The highest BCUT2D eigenvalue weighted by molar-refractivity contribution is 7.20. The van der Waals surface area contributed by atoms with Crippen LogP contribution in [0.1, 0.15) is 40.9 Å². The molecule has 112 valence electrons. The Balaban J connectivity index is 1.90. The maximum absolute atomic E-state index is 12.4. The van der Waals surface area contributed by atoms with E-state index in [-0.39, 0.29) is 17.5 Å². The van der Waals surface area contributed by atoms with Crippen LogP contribution >= 0.6 is 11.3 Å². The van der Waals surface area contributed by atoms with Crippen molar-refractivity contribution in [3.8, 4) is 0 Å². The lowest BCUT2D eigenvalue weighted by Gasteiger charge is -2.28. The van der Waals surface area contributed by atoms with Crippen LogP contribution in [-0.2, 0) is 0 Å². The number of carbonyl (C=O) groups is 1. The molecule has 0 spiro atoms. The summed E-state index contributed by atoms with van der Waals surface area (Å²) >= 11 is 1.21. The van der Waals surface area contributed by atoms with E-state index in [0.717, 1.165) is 25.7 Å². The van der Waals surface area contributed by atoms with Crippen LogP contribution in [0.4, 0.5) is 0 Å². The topological polar surface area (TPSA) is 95.1 Å². The van der Waals surface area contributed by atoms with Gasteiger partial charge in [0.1, 0.15) is 4.83 Å². The first-order valence-corrected chi connectivity index (χ1v) is 7.85. The highest BCUT2D eigenvalue weighted by atomic mass is 32.1. The summed E-state index contributed by atoms with van der Waals surface area (Å²) in [6.45, 7) is 1.75. The molecule has 2 heterocycles. The van der Waals surface area contributed by atoms with Crippen molar-refractivity contribution < 1.29 is 9.90 Å². The molecule has 3 rings (SSSR count). The van der Waals surface area contributed by atoms with Crippen molar-refractivity contribution in [3.63, 3.8) is 0 Å². The highest BCUT2D eigenvalue weighted by Gasteiger charge is 2.26. The Labute approximate surface area is 125 Å². The van der Waals surface area contributed by atoms with Crippen molar-refractivity contribution in [3.05, 3.63) is 27.1 Å². The van der Waals surface area contributed by atoms with Gasteiger partial charge in [-0.3, -0.25) is 9.59 Å². The largest absolute Gasteiger partial charge is 0.391 e. The minimum Gasteiger partial charge on any atom is -0.391 e. The Hall–Kier alpha value is -1.73. The number of hydrogen-bond donors (Lipinski definition) is 3. The van der Waals surface area contributed by atoms with Gasteiger partial charge in [-0.2, -0.15) is 0 Å². The maximum atomic E-state index is 12.4. The van der Waals surface area contributed by atoms with Gasteiger partial charge < -0.3 is 15.4 Å². The number of hydrogen-bond acceptors (Lipinski definition) is 5. The van der Waals surface area contributed by atoms with Gasteiger partial charge in [0.05, 0.1) is 28.7 Å². The number of nitrogens with one attached hydrogen (secondary N) is 2.